The van der Waals surface area contributed by atoms with Gasteiger partial charge in [0.25, 0.3) is 0 Å². The third-order valence-electron chi connectivity index (χ3n) is 3.31. The highest BCUT2D eigenvalue weighted by Crippen LogP contribution is 2.12. The van der Waals surface area contributed by atoms with E-state index in [2.05, 4.69) is 27.0 Å². The smallest absolute Gasteiger partial charge is 0.225 e. The first-order chi connectivity index (χ1) is 9.97. The topological polar surface area (TPSA) is 46.9 Å². The molecule has 1 aromatic carbocycles. The molecule has 1 heterocycles. The van der Waals surface area contributed by atoms with Gasteiger partial charge in [0.2, 0.25) is 5.91 Å². The first-order valence-corrected chi connectivity index (χ1v) is 7.29. The van der Waals surface area contributed by atoms with Gasteiger partial charge in [0.1, 0.15) is 5.82 Å². The van der Waals surface area contributed by atoms with Gasteiger partial charge in [0.05, 0.1) is 0 Å². The van der Waals surface area contributed by atoms with Crippen LogP contribution in [0.25, 0.3) is 0 Å². The quantitative estimate of drug-likeness (QED) is 0.918. The van der Waals surface area contributed by atoms with Gasteiger partial charge in [-0.1, -0.05) is 51.1 Å². The fraction of sp³-hybridized carbons (Fsp3) is 0.412. The van der Waals surface area contributed by atoms with Crippen molar-refractivity contribution >= 4 is 5.91 Å². The Morgan fingerprint density at radius 3 is 2.62 bits per heavy atom. The van der Waals surface area contributed by atoms with E-state index < -0.39 is 0 Å². The minimum Gasteiger partial charge on any atom is -0.355 e. The first-order valence-electron chi connectivity index (χ1n) is 7.29. The van der Waals surface area contributed by atoms with Crippen LogP contribution in [0.5, 0.6) is 0 Å². The summed E-state index contributed by atoms with van der Waals surface area (Å²) in [5.74, 6) is 1.07. The molecule has 1 amide bonds. The molecular weight excluding hydrogens is 262 g/mol. The van der Waals surface area contributed by atoms with Gasteiger partial charge in [0, 0.05) is 37.3 Å². The molecule has 2 aromatic rings. The molecule has 1 N–H and O–H groups in total. The van der Waals surface area contributed by atoms with Crippen molar-refractivity contribution in [3.63, 3.8) is 0 Å². The fourth-order valence-corrected chi connectivity index (χ4v) is 2.05. The number of nitrogens with zero attached hydrogens (tertiary/aromatic N) is 2. The maximum atomic E-state index is 11.8. The van der Waals surface area contributed by atoms with E-state index in [1.54, 1.807) is 0 Å². The molecule has 2 rings (SSSR count). The summed E-state index contributed by atoms with van der Waals surface area (Å²) in [4.78, 5) is 16.2. The van der Waals surface area contributed by atoms with Gasteiger partial charge in [-0.05, 0) is 5.56 Å². The Morgan fingerprint density at radius 1 is 1.24 bits per heavy atom. The normalized spacial score (nSPS) is 11.4. The second-order valence-corrected chi connectivity index (χ2v) is 6.21. The van der Waals surface area contributed by atoms with E-state index in [1.807, 2.05) is 51.4 Å². The predicted molar refractivity (Wildman–Crippen MR) is 83.9 cm³/mol. The molecule has 0 fully saturated rings. The fourth-order valence-electron chi connectivity index (χ4n) is 2.05. The van der Waals surface area contributed by atoms with Gasteiger partial charge in [-0.15, -0.1) is 0 Å². The number of aromatic nitrogens is 2. The van der Waals surface area contributed by atoms with Crippen LogP contribution in [0, 0.1) is 5.41 Å². The van der Waals surface area contributed by atoms with E-state index in [-0.39, 0.29) is 11.3 Å². The number of carbonyl (C=O) groups is 1. The van der Waals surface area contributed by atoms with Crippen molar-refractivity contribution in [2.24, 2.45) is 5.41 Å². The third-order valence-corrected chi connectivity index (χ3v) is 3.31. The largest absolute Gasteiger partial charge is 0.355 e. The molecule has 0 unspecified atom stereocenters. The summed E-state index contributed by atoms with van der Waals surface area (Å²) in [6, 6.07) is 10.3. The standard InChI is InChI=1S/C17H23N3O/c1-17(2,3)16(21)19-10-9-15-18-11-12-20(15)13-14-7-5-4-6-8-14/h4-8,11-12H,9-10,13H2,1-3H3,(H,19,21). The summed E-state index contributed by atoms with van der Waals surface area (Å²) in [7, 11) is 0. The second-order valence-electron chi connectivity index (χ2n) is 6.21. The molecule has 0 saturated heterocycles. The van der Waals surface area contributed by atoms with Gasteiger partial charge in [-0.3, -0.25) is 4.79 Å². The number of nitrogens with one attached hydrogen (secondary N) is 1. The zero-order valence-corrected chi connectivity index (χ0v) is 13.0. The molecule has 1 aromatic heterocycles. The van der Waals surface area contributed by atoms with Gasteiger partial charge in [-0.2, -0.15) is 0 Å². The zero-order chi connectivity index (χ0) is 15.3. The molecule has 0 aliphatic heterocycles. The van der Waals surface area contributed by atoms with Crippen LogP contribution in [0.15, 0.2) is 42.7 Å². The Labute approximate surface area is 126 Å². The van der Waals surface area contributed by atoms with Gasteiger partial charge in [0.15, 0.2) is 0 Å². The SMILES string of the molecule is CC(C)(C)C(=O)NCCc1nccn1Cc1ccccc1. The number of imidazole rings is 1. The molecule has 0 atom stereocenters. The lowest BCUT2D eigenvalue weighted by atomic mass is 9.96. The van der Waals surface area contributed by atoms with E-state index in [0.717, 1.165) is 18.8 Å². The molecule has 21 heavy (non-hydrogen) atoms. The summed E-state index contributed by atoms with van der Waals surface area (Å²) >= 11 is 0. The van der Waals surface area contributed by atoms with Crippen LogP contribution in [0.4, 0.5) is 0 Å². The molecule has 0 saturated carbocycles. The average molecular weight is 285 g/mol. The summed E-state index contributed by atoms with van der Waals surface area (Å²) in [6.45, 7) is 7.17. The van der Waals surface area contributed by atoms with Crippen molar-refractivity contribution < 1.29 is 4.79 Å². The number of rotatable bonds is 5. The summed E-state index contributed by atoms with van der Waals surface area (Å²) < 4.78 is 2.12. The molecule has 4 heteroatoms. The Morgan fingerprint density at radius 2 is 1.95 bits per heavy atom. The van der Waals surface area contributed by atoms with Crippen LogP contribution in [-0.4, -0.2) is 22.0 Å². The van der Waals surface area contributed by atoms with Crippen molar-refractivity contribution in [2.45, 2.75) is 33.7 Å². The highest BCUT2D eigenvalue weighted by atomic mass is 16.2. The molecule has 0 aliphatic carbocycles. The summed E-state index contributed by atoms with van der Waals surface area (Å²) in [6.07, 6.45) is 4.53. The lowest BCUT2D eigenvalue weighted by molar-refractivity contribution is -0.128. The van der Waals surface area contributed by atoms with Crippen LogP contribution < -0.4 is 5.32 Å². The van der Waals surface area contributed by atoms with Crippen molar-refractivity contribution in [3.05, 3.63) is 54.1 Å². The maximum absolute atomic E-state index is 11.8. The van der Waals surface area contributed by atoms with Crippen LogP contribution in [-0.2, 0) is 17.8 Å². The summed E-state index contributed by atoms with van der Waals surface area (Å²) in [5.41, 5.74) is 0.898. The van der Waals surface area contributed by atoms with Gasteiger partial charge >= 0.3 is 0 Å². The molecule has 0 spiro atoms. The Hall–Kier alpha value is -2.10. The molecular formula is C17H23N3O. The highest BCUT2D eigenvalue weighted by Gasteiger charge is 2.20. The second kappa shape index (κ2) is 6.57. The van der Waals surface area contributed by atoms with Crippen molar-refractivity contribution in [3.8, 4) is 0 Å². The predicted octanol–water partition coefficient (Wildman–Crippen LogP) is 2.64. The molecule has 0 radical (unpaired) electrons. The van der Waals surface area contributed by atoms with Gasteiger partial charge in [-0.25, -0.2) is 4.98 Å². The Kier molecular flexibility index (Phi) is 4.78. The average Bonchev–Trinajstić information content (AvgIpc) is 2.86. The third kappa shape index (κ3) is 4.45. The number of benzene rings is 1. The van der Waals surface area contributed by atoms with Crippen molar-refractivity contribution in [1.82, 2.24) is 14.9 Å². The van der Waals surface area contributed by atoms with E-state index in [4.69, 9.17) is 0 Å². The number of amides is 1. The zero-order valence-electron chi connectivity index (χ0n) is 13.0. The Balaban J connectivity index is 1.91. The lowest BCUT2D eigenvalue weighted by Gasteiger charge is -2.17. The number of hydrogen-bond donors (Lipinski definition) is 1. The lowest BCUT2D eigenvalue weighted by Crippen LogP contribution is -2.36. The monoisotopic (exact) mass is 285 g/mol. The minimum atomic E-state index is -0.348. The molecule has 0 aliphatic rings. The highest BCUT2D eigenvalue weighted by molar-refractivity contribution is 5.81. The molecule has 112 valence electrons. The van der Waals surface area contributed by atoms with E-state index >= 15 is 0 Å². The van der Waals surface area contributed by atoms with Crippen LogP contribution >= 0.6 is 0 Å². The maximum Gasteiger partial charge on any atom is 0.225 e. The van der Waals surface area contributed by atoms with Crippen LogP contribution in [0.1, 0.15) is 32.2 Å². The van der Waals surface area contributed by atoms with Crippen molar-refractivity contribution in [1.29, 1.82) is 0 Å². The van der Waals surface area contributed by atoms with Crippen molar-refractivity contribution in [2.75, 3.05) is 6.54 Å². The minimum absolute atomic E-state index is 0.0728. The number of carbonyl (C=O) groups excluding carboxylic acids is 1. The number of hydrogen-bond acceptors (Lipinski definition) is 2. The molecule has 0 bridgehead atoms. The van der Waals surface area contributed by atoms with Crippen LogP contribution in [0.3, 0.4) is 0 Å². The Bertz CT molecular complexity index is 582. The van der Waals surface area contributed by atoms with E-state index in [1.165, 1.54) is 5.56 Å². The molecule has 4 nitrogen and oxygen atoms in total. The summed E-state index contributed by atoms with van der Waals surface area (Å²) in [5, 5.41) is 2.96. The van der Waals surface area contributed by atoms with Gasteiger partial charge < -0.3 is 9.88 Å². The first kappa shape index (κ1) is 15.3. The van der Waals surface area contributed by atoms with E-state index in [0.29, 0.717) is 6.54 Å². The van der Waals surface area contributed by atoms with E-state index in [9.17, 15) is 4.79 Å². The van der Waals surface area contributed by atoms with Crippen LogP contribution in [0.2, 0.25) is 0 Å².